The number of rotatable bonds is 9. The highest BCUT2D eigenvalue weighted by molar-refractivity contribution is 6.00. The second-order valence-electron chi connectivity index (χ2n) is 9.06. The van der Waals surface area contributed by atoms with Gasteiger partial charge in [0.1, 0.15) is 6.04 Å². The molecular weight excluding hydrogens is 444 g/mol. The highest BCUT2D eigenvalue weighted by Crippen LogP contribution is 2.19. The Hall–Kier alpha value is -3.39. The summed E-state index contributed by atoms with van der Waals surface area (Å²) >= 11 is 0. The standard InChI is InChI=1S/C27H36N4O4/c1-5-30(27(34)25(19(2)3)29-26(33)23-9-7-6-8-20(23)4)18-24(32)28-21-10-12-22(13-11-21)31-14-16-35-17-15-31/h6-13,19,25H,5,14-18H2,1-4H3,(H,28,32)(H,29,33)/t25-/m0/s1. The third kappa shape index (κ3) is 7.05. The van der Waals surface area contributed by atoms with Crippen LogP contribution >= 0.6 is 0 Å². The van der Waals surface area contributed by atoms with E-state index >= 15 is 0 Å². The van der Waals surface area contributed by atoms with E-state index in [9.17, 15) is 14.4 Å². The molecule has 3 amide bonds. The van der Waals surface area contributed by atoms with Crippen LogP contribution in [0.1, 0.15) is 36.7 Å². The van der Waals surface area contributed by atoms with Crippen LogP contribution in [0.4, 0.5) is 11.4 Å². The molecule has 1 saturated heterocycles. The van der Waals surface area contributed by atoms with Gasteiger partial charge in [-0.1, -0.05) is 32.0 Å². The number of likely N-dealkylation sites (N-methyl/N-ethyl adjacent to an activating group) is 1. The van der Waals surface area contributed by atoms with E-state index in [0.29, 0.717) is 31.0 Å². The van der Waals surface area contributed by atoms with E-state index in [0.717, 1.165) is 24.3 Å². The molecular formula is C27H36N4O4. The van der Waals surface area contributed by atoms with Gasteiger partial charge in [-0.2, -0.15) is 0 Å². The first-order chi connectivity index (χ1) is 16.8. The van der Waals surface area contributed by atoms with Crippen LogP contribution in [0, 0.1) is 12.8 Å². The van der Waals surface area contributed by atoms with Crippen LogP contribution in [0.15, 0.2) is 48.5 Å². The number of amides is 3. The lowest BCUT2D eigenvalue weighted by Crippen LogP contribution is -2.52. The number of anilines is 2. The summed E-state index contributed by atoms with van der Waals surface area (Å²) in [6.07, 6.45) is 0. The fraction of sp³-hybridized carbons (Fsp3) is 0.444. The van der Waals surface area contributed by atoms with E-state index in [1.165, 1.54) is 4.90 Å². The van der Waals surface area contributed by atoms with Gasteiger partial charge in [-0.3, -0.25) is 14.4 Å². The number of ether oxygens (including phenoxy) is 1. The van der Waals surface area contributed by atoms with Crippen molar-refractivity contribution in [3.8, 4) is 0 Å². The lowest BCUT2D eigenvalue weighted by Gasteiger charge is -2.29. The zero-order valence-electron chi connectivity index (χ0n) is 21.0. The molecule has 1 heterocycles. The SMILES string of the molecule is CCN(CC(=O)Nc1ccc(N2CCOCC2)cc1)C(=O)[C@@H](NC(=O)c1ccccc1C)C(C)C. The first-order valence-corrected chi connectivity index (χ1v) is 12.2. The molecule has 1 aliphatic rings. The number of carbonyl (C=O) groups excluding carboxylic acids is 3. The van der Waals surface area contributed by atoms with Crippen molar-refractivity contribution in [3.05, 3.63) is 59.7 Å². The van der Waals surface area contributed by atoms with E-state index in [1.54, 1.807) is 12.1 Å². The average Bonchev–Trinajstić information content (AvgIpc) is 2.86. The second-order valence-corrected chi connectivity index (χ2v) is 9.06. The summed E-state index contributed by atoms with van der Waals surface area (Å²) in [7, 11) is 0. The molecule has 1 atom stereocenters. The Balaban J connectivity index is 1.60. The highest BCUT2D eigenvalue weighted by Gasteiger charge is 2.29. The predicted octanol–water partition coefficient (Wildman–Crippen LogP) is 3.07. The van der Waals surface area contributed by atoms with Crippen LogP contribution in [-0.4, -0.2) is 68.1 Å². The number of hydrogen-bond acceptors (Lipinski definition) is 5. The molecule has 8 nitrogen and oxygen atoms in total. The topological polar surface area (TPSA) is 91.0 Å². The molecule has 2 aromatic carbocycles. The number of hydrogen-bond donors (Lipinski definition) is 2. The lowest BCUT2D eigenvalue weighted by atomic mass is 10.0. The normalized spacial score (nSPS) is 14.4. The van der Waals surface area contributed by atoms with Gasteiger partial charge in [0.05, 0.1) is 19.8 Å². The minimum atomic E-state index is -0.734. The largest absolute Gasteiger partial charge is 0.378 e. The molecule has 0 spiro atoms. The van der Waals surface area contributed by atoms with Crippen molar-refractivity contribution in [3.63, 3.8) is 0 Å². The Kier molecular flexibility index (Phi) is 9.25. The fourth-order valence-electron chi connectivity index (χ4n) is 4.05. The predicted molar refractivity (Wildman–Crippen MR) is 138 cm³/mol. The van der Waals surface area contributed by atoms with Gasteiger partial charge in [-0.05, 0) is 55.7 Å². The maximum absolute atomic E-state index is 13.3. The maximum atomic E-state index is 13.3. The molecule has 0 bridgehead atoms. The average molecular weight is 481 g/mol. The first kappa shape index (κ1) is 26.2. The summed E-state index contributed by atoms with van der Waals surface area (Å²) in [6.45, 7) is 10.8. The Bertz CT molecular complexity index is 1020. The molecule has 2 N–H and O–H groups in total. The Labute approximate surface area is 207 Å². The molecule has 8 heteroatoms. The van der Waals surface area contributed by atoms with E-state index in [-0.39, 0.29) is 30.2 Å². The van der Waals surface area contributed by atoms with Crippen molar-refractivity contribution in [2.45, 2.75) is 33.7 Å². The van der Waals surface area contributed by atoms with Crippen molar-refractivity contribution < 1.29 is 19.1 Å². The lowest BCUT2D eigenvalue weighted by molar-refractivity contribution is -0.137. The summed E-state index contributed by atoms with van der Waals surface area (Å²) < 4.78 is 5.39. The number of benzene rings is 2. The zero-order valence-corrected chi connectivity index (χ0v) is 21.0. The summed E-state index contributed by atoms with van der Waals surface area (Å²) in [5.41, 5.74) is 3.13. The summed E-state index contributed by atoms with van der Waals surface area (Å²) in [6, 6.07) is 14.2. The Morgan fingerprint density at radius 2 is 1.69 bits per heavy atom. The summed E-state index contributed by atoms with van der Waals surface area (Å²) in [4.78, 5) is 42.6. The first-order valence-electron chi connectivity index (χ1n) is 12.2. The van der Waals surface area contributed by atoms with Crippen molar-refractivity contribution in [1.82, 2.24) is 10.2 Å². The minimum absolute atomic E-state index is 0.0933. The minimum Gasteiger partial charge on any atom is -0.378 e. The van der Waals surface area contributed by atoms with E-state index < -0.39 is 6.04 Å². The number of aryl methyl sites for hydroxylation is 1. The van der Waals surface area contributed by atoms with Gasteiger partial charge < -0.3 is 25.2 Å². The molecule has 0 radical (unpaired) electrons. The van der Waals surface area contributed by atoms with Crippen LogP contribution in [0.5, 0.6) is 0 Å². The molecule has 1 aliphatic heterocycles. The van der Waals surface area contributed by atoms with Gasteiger partial charge in [0.25, 0.3) is 5.91 Å². The van der Waals surface area contributed by atoms with Gasteiger partial charge in [0.2, 0.25) is 11.8 Å². The van der Waals surface area contributed by atoms with Gasteiger partial charge in [0.15, 0.2) is 0 Å². The molecule has 2 aromatic rings. The third-order valence-corrected chi connectivity index (χ3v) is 6.16. The monoisotopic (exact) mass is 480 g/mol. The molecule has 0 aromatic heterocycles. The van der Waals surface area contributed by atoms with Crippen LogP contribution in [0.3, 0.4) is 0 Å². The number of morpholine rings is 1. The number of nitrogens with one attached hydrogen (secondary N) is 2. The molecule has 188 valence electrons. The van der Waals surface area contributed by atoms with E-state index in [4.69, 9.17) is 4.74 Å². The molecule has 1 fully saturated rings. The zero-order chi connectivity index (χ0) is 25.4. The van der Waals surface area contributed by atoms with E-state index in [1.807, 2.05) is 64.1 Å². The van der Waals surface area contributed by atoms with Gasteiger partial charge in [-0.15, -0.1) is 0 Å². The van der Waals surface area contributed by atoms with Crippen molar-refractivity contribution >= 4 is 29.1 Å². The maximum Gasteiger partial charge on any atom is 0.252 e. The van der Waals surface area contributed by atoms with Crippen molar-refractivity contribution in [1.29, 1.82) is 0 Å². The summed E-state index contributed by atoms with van der Waals surface area (Å²) in [5.74, 6) is -0.995. The molecule has 0 saturated carbocycles. The van der Waals surface area contributed by atoms with Gasteiger partial charge in [-0.25, -0.2) is 0 Å². The highest BCUT2D eigenvalue weighted by atomic mass is 16.5. The van der Waals surface area contributed by atoms with Crippen LogP contribution < -0.4 is 15.5 Å². The van der Waals surface area contributed by atoms with Gasteiger partial charge in [0, 0.05) is 36.6 Å². The van der Waals surface area contributed by atoms with Crippen LogP contribution in [0.2, 0.25) is 0 Å². The molecule has 35 heavy (non-hydrogen) atoms. The smallest absolute Gasteiger partial charge is 0.252 e. The fourth-order valence-corrected chi connectivity index (χ4v) is 4.05. The van der Waals surface area contributed by atoms with E-state index in [2.05, 4.69) is 15.5 Å². The summed E-state index contributed by atoms with van der Waals surface area (Å²) in [5, 5.41) is 5.74. The van der Waals surface area contributed by atoms with Crippen molar-refractivity contribution in [2.75, 3.05) is 49.6 Å². The quantitative estimate of drug-likeness (QED) is 0.576. The van der Waals surface area contributed by atoms with Gasteiger partial charge >= 0.3 is 0 Å². The van der Waals surface area contributed by atoms with Crippen molar-refractivity contribution in [2.24, 2.45) is 5.92 Å². The van der Waals surface area contributed by atoms with Crippen LogP contribution in [-0.2, 0) is 14.3 Å². The second kappa shape index (κ2) is 12.4. The molecule has 0 aliphatic carbocycles. The van der Waals surface area contributed by atoms with Crippen LogP contribution in [0.25, 0.3) is 0 Å². The number of carbonyl (C=O) groups is 3. The molecule has 3 rings (SSSR count). The Morgan fingerprint density at radius 1 is 1.03 bits per heavy atom. The Morgan fingerprint density at radius 3 is 2.29 bits per heavy atom. The number of nitrogens with zero attached hydrogens (tertiary/aromatic N) is 2. The molecule has 0 unspecified atom stereocenters. The third-order valence-electron chi connectivity index (χ3n) is 6.16.